The van der Waals surface area contributed by atoms with Crippen molar-refractivity contribution in [3.05, 3.63) is 33.9 Å². The van der Waals surface area contributed by atoms with E-state index >= 15 is 0 Å². The Morgan fingerprint density at radius 3 is 2.90 bits per heavy atom. The average molecular weight is 302 g/mol. The molecule has 0 amide bonds. The lowest BCUT2D eigenvalue weighted by Crippen LogP contribution is -2.45. The van der Waals surface area contributed by atoms with Crippen LogP contribution < -0.4 is 10.1 Å². The highest BCUT2D eigenvalue weighted by Crippen LogP contribution is 2.32. The maximum absolute atomic E-state index is 13.0. The molecule has 0 saturated carbocycles. The largest absolute Gasteiger partial charge is 0.490 e. The molecule has 2 unspecified atom stereocenters. The van der Waals surface area contributed by atoms with Crippen LogP contribution in [0.25, 0.3) is 0 Å². The van der Waals surface area contributed by atoms with E-state index in [0.29, 0.717) is 6.54 Å². The first kappa shape index (κ1) is 15.6. The van der Waals surface area contributed by atoms with E-state index in [-0.39, 0.29) is 30.3 Å². The van der Waals surface area contributed by atoms with Crippen molar-refractivity contribution in [3.8, 4) is 5.75 Å². The van der Waals surface area contributed by atoms with Crippen LogP contribution in [0.1, 0.15) is 18.9 Å². The molecule has 0 aliphatic carbocycles. The zero-order valence-corrected chi connectivity index (χ0v) is 11.4. The molecule has 0 bridgehead atoms. The molecule has 116 valence electrons. The topological polar surface area (TPSA) is 73.6 Å². The Labute approximate surface area is 120 Å². The van der Waals surface area contributed by atoms with E-state index in [4.69, 9.17) is 9.47 Å². The minimum Gasteiger partial charge on any atom is -0.490 e. The first-order chi connectivity index (χ1) is 9.97. The van der Waals surface area contributed by atoms with Gasteiger partial charge in [0.25, 0.3) is 12.1 Å². The zero-order valence-electron chi connectivity index (χ0n) is 11.4. The quantitative estimate of drug-likeness (QED) is 0.667. The molecule has 0 aromatic heterocycles. The van der Waals surface area contributed by atoms with Crippen LogP contribution in [0.5, 0.6) is 5.75 Å². The van der Waals surface area contributed by atoms with Crippen LogP contribution in [-0.4, -0.2) is 36.8 Å². The smallest absolute Gasteiger partial charge is 0.270 e. The molecule has 1 aromatic carbocycles. The maximum atomic E-state index is 13.0. The average Bonchev–Trinajstić information content (AvgIpc) is 2.44. The molecular formula is C13H16F2N2O4. The molecule has 1 saturated heterocycles. The summed E-state index contributed by atoms with van der Waals surface area (Å²) in [5, 5.41) is 13.8. The lowest BCUT2D eigenvalue weighted by molar-refractivity contribution is -0.385. The summed E-state index contributed by atoms with van der Waals surface area (Å²) in [5.74, 6) is -0.0579. The summed E-state index contributed by atoms with van der Waals surface area (Å²) in [6.45, 7) is 3.31. The Morgan fingerprint density at radius 2 is 2.29 bits per heavy atom. The molecule has 2 atom stereocenters. The highest BCUT2D eigenvalue weighted by Gasteiger charge is 2.22. The van der Waals surface area contributed by atoms with Gasteiger partial charge in [0.15, 0.2) is 0 Å². The maximum Gasteiger partial charge on any atom is 0.270 e. The summed E-state index contributed by atoms with van der Waals surface area (Å²) >= 11 is 0. The molecule has 0 radical (unpaired) electrons. The van der Waals surface area contributed by atoms with E-state index in [1.54, 1.807) is 0 Å². The fraction of sp³-hybridized carbons (Fsp3) is 0.538. The predicted octanol–water partition coefficient (Wildman–Crippen LogP) is 2.29. The summed E-state index contributed by atoms with van der Waals surface area (Å²) in [5.41, 5.74) is -0.872. The van der Waals surface area contributed by atoms with Gasteiger partial charge in [-0.3, -0.25) is 10.1 Å². The van der Waals surface area contributed by atoms with Gasteiger partial charge >= 0.3 is 0 Å². The van der Waals surface area contributed by atoms with Crippen molar-refractivity contribution in [3.63, 3.8) is 0 Å². The van der Waals surface area contributed by atoms with Gasteiger partial charge in [0.05, 0.1) is 16.6 Å². The molecular weight excluding hydrogens is 286 g/mol. The molecule has 1 fully saturated rings. The molecule has 6 nitrogen and oxygen atoms in total. The fourth-order valence-electron chi connectivity index (χ4n) is 2.10. The van der Waals surface area contributed by atoms with Gasteiger partial charge in [0.1, 0.15) is 18.5 Å². The summed E-state index contributed by atoms with van der Waals surface area (Å²) in [6.07, 6.45) is -3.06. The standard InChI is InChI=1S/C13H16F2N2O4/c1-8-5-16-6-10(21-8)7-20-12-3-2-9(17(18)19)4-11(12)13(14)15/h2-4,8,10,13,16H,5-7H2,1H3. The Hall–Kier alpha value is -1.80. The highest BCUT2D eigenvalue weighted by molar-refractivity contribution is 5.44. The van der Waals surface area contributed by atoms with Gasteiger partial charge in [-0.25, -0.2) is 8.78 Å². The van der Waals surface area contributed by atoms with Crippen LogP contribution in [-0.2, 0) is 4.74 Å². The molecule has 1 aromatic rings. The van der Waals surface area contributed by atoms with Gasteiger partial charge in [-0.15, -0.1) is 0 Å². The van der Waals surface area contributed by atoms with Crippen molar-refractivity contribution in [2.45, 2.75) is 25.6 Å². The number of nitrogens with one attached hydrogen (secondary N) is 1. The van der Waals surface area contributed by atoms with Crippen molar-refractivity contribution in [2.24, 2.45) is 0 Å². The van der Waals surface area contributed by atoms with Gasteiger partial charge in [-0.05, 0) is 13.0 Å². The van der Waals surface area contributed by atoms with Gasteiger partial charge in [0, 0.05) is 25.2 Å². The Balaban J connectivity index is 2.06. The second kappa shape index (κ2) is 6.77. The predicted molar refractivity (Wildman–Crippen MR) is 70.8 cm³/mol. The third kappa shape index (κ3) is 4.08. The van der Waals surface area contributed by atoms with E-state index in [0.717, 1.165) is 18.7 Å². The summed E-state index contributed by atoms with van der Waals surface area (Å²) in [4.78, 5) is 9.90. The first-order valence-electron chi connectivity index (χ1n) is 6.53. The van der Waals surface area contributed by atoms with Crippen LogP contribution in [0.4, 0.5) is 14.5 Å². The van der Waals surface area contributed by atoms with Gasteiger partial charge in [-0.2, -0.15) is 0 Å². The number of alkyl halides is 2. The molecule has 1 heterocycles. The number of benzene rings is 1. The summed E-state index contributed by atoms with van der Waals surface area (Å²) < 4.78 is 36.8. The number of non-ortho nitro benzene ring substituents is 1. The van der Waals surface area contributed by atoms with E-state index < -0.39 is 16.9 Å². The first-order valence-corrected chi connectivity index (χ1v) is 6.53. The minimum absolute atomic E-state index is 0.0266. The summed E-state index contributed by atoms with van der Waals surface area (Å²) in [7, 11) is 0. The van der Waals surface area contributed by atoms with Crippen LogP contribution in [0.3, 0.4) is 0 Å². The number of halogens is 2. The van der Waals surface area contributed by atoms with Crippen LogP contribution in [0.2, 0.25) is 0 Å². The molecule has 21 heavy (non-hydrogen) atoms. The Morgan fingerprint density at radius 1 is 1.52 bits per heavy atom. The normalized spacial score (nSPS) is 22.3. The second-order valence-electron chi connectivity index (χ2n) is 4.82. The van der Waals surface area contributed by atoms with Crippen molar-refractivity contribution in [1.82, 2.24) is 5.32 Å². The van der Waals surface area contributed by atoms with Crippen molar-refractivity contribution in [2.75, 3.05) is 19.7 Å². The second-order valence-corrected chi connectivity index (χ2v) is 4.82. The molecule has 2 rings (SSSR count). The lowest BCUT2D eigenvalue weighted by Gasteiger charge is -2.28. The van der Waals surface area contributed by atoms with E-state index in [9.17, 15) is 18.9 Å². The number of hydrogen-bond donors (Lipinski definition) is 1. The monoisotopic (exact) mass is 302 g/mol. The van der Waals surface area contributed by atoms with Crippen molar-refractivity contribution < 1.29 is 23.2 Å². The molecule has 1 N–H and O–H groups in total. The number of nitro groups is 1. The van der Waals surface area contributed by atoms with Gasteiger partial charge in [-0.1, -0.05) is 0 Å². The lowest BCUT2D eigenvalue weighted by atomic mass is 10.2. The number of rotatable bonds is 5. The third-order valence-corrected chi connectivity index (χ3v) is 3.09. The van der Waals surface area contributed by atoms with Gasteiger partial charge < -0.3 is 14.8 Å². The number of ether oxygens (including phenoxy) is 2. The van der Waals surface area contributed by atoms with E-state index in [2.05, 4.69) is 5.32 Å². The molecule has 1 aliphatic heterocycles. The number of nitro benzene ring substituents is 1. The third-order valence-electron chi connectivity index (χ3n) is 3.09. The SMILES string of the molecule is CC1CNCC(COc2ccc([N+](=O)[O-])cc2C(F)F)O1. The number of morpholine rings is 1. The minimum atomic E-state index is -2.84. The Bertz CT molecular complexity index is 513. The highest BCUT2D eigenvalue weighted by atomic mass is 19.3. The zero-order chi connectivity index (χ0) is 15.4. The van der Waals surface area contributed by atoms with Crippen LogP contribution in [0.15, 0.2) is 18.2 Å². The number of nitrogens with zero attached hydrogens (tertiary/aromatic N) is 1. The van der Waals surface area contributed by atoms with Crippen molar-refractivity contribution >= 4 is 5.69 Å². The van der Waals surface area contributed by atoms with Gasteiger partial charge in [0.2, 0.25) is 0 Å². The molecule has 8 heteroatoms. The Kier molecular flexibility index (Phi) is 5.03. The number of hydrogen-bond acceptors (Lipinski definition) is 5. The summed E-state index contributed by atoms with van der Waals surface area (Å²) in [6, 6.07) is 3.17. The molecule has 1 aliphatic rings. The van der Waals surface area contributed by atoms with Crippen molar-refractivity contribution in [1.29, 1.82) is 0 Å². The van der Waals surface area contributed by atoms with E-state index in [1.165, 1.54) is 6.07 Å². The van der Waals surface area contributed by atoms with Crippen LogP contribution >= 0.6 is 0 Å². The fourth-order valence-corrected chi connectivity index (χ4v) is 2.10. The molecule has 0 spiro atoms. The van der Waals surface area contributed by atoms with E-state index in [1.807, 2.05) is 6.92 Å². The van der Waals surface area contributed by atoms with Crippen LogP contribution in [0, 0.1) is 10.1 Å².